The third-order valence-corrected chi connectivity index (χ3v) is 4.95. The first kappa shape index (κ1) is 15.2. The predicted molar refractivity (Wildman–Crippen MR) is 89.2 cm³/mol. The Bertz CT molecular complexity index is 832. The molecule has 1 aromatic heterocycles. The average molecular weight is 327 g/mol. The number of aromatic hydroxyl groups is 2. The van der Waals surface area contributed by atoms with Crippen LogP contribution in [-0.4, -0.2) is 31.6 Å². The van der Waals surface area contributed by atoms with E-state index in [9.17, 15) is 15.0 Å². The minimum Gasteiger partial charge on any atom is -0.508 e. The molecule has 1 aliphatic carbocycles. The maximum atomic E-state index is 12.2. The van der Waals surface area contributed by atoms with Crippen molar-refractivity contribution in [3.63, 3.8) is 0 Å². The van der Waals surface area contributed by atoms with Gasteiger partial charge in [-0.15, -0.1) is 0 Å². The van der Waals surface area contributed by atoms with Crippen molar-refractivity contribution in [2.45, 2.75) is 45.2 Å². The van der Waals surface area contributed by atoms with Crippen molar-refractivity contribution in [3.8, 4) is 11.5 Å². The predicted octanol–water partition coefficient (Wildman–Crippen LogP) is 1.93. The standard InChI is InChI=1S/C18H21N3O3/c1-10-6-12(22)7-16(23)14(10)8-21-5-4-13-15(9-21)19-17(11-2-3-11)20-18(13)24/h6-7,11,22-23H,2-5,8-9H2,1H3,(H,19,20,24). The Morgan fingerprint density at radius 3 is 2.83 bits per heavy atom. The zero-order valence-electron chi connectivity index (χ0n) is 13.7. The molecule has 1 aliphatic heterocycles. The molecule has 0 amide bonds. The lowest BCUT2D eigenvalue weighted by atomic mass is 10.0. The molecule has 0 bridgehead atoms. The van der Waals surface area contributed by atoms with Gasteiger partial charge in [0, 0.05) is 42.7 Å². The third kappa shape index (κ3) is 2.78. The number of nitrogens with zero attached hydrogens (tertiary/aromatic N) is 2. The Hall–Kier alpha value is -2.34. The highest BCUT2D eigenvalue weighted by molar-refractivity contribution is 5.44. The molecular formula is C18H21N3O3. The van der Waals surface area contributed by atoms with E-state index in [0.29, 0.717) is 25.4 Å². The Morgan fingerprint density at radius 2 is 2.12 bits per heavy atom. The van der Waals surface area contributed by atoms with E-state index in [4.69, 9.17) is 0 Å². The molecule has 1 aromatic carbocycles. The Kier molecular flexibility index (Phi) is 3.57. The largest absolute Gasteiger partial charge is 0.508 e. The number of hydrogen-bond acceptors (Lipinski definition) is 5. The minimum absolute atomic E-state index is 0.00483. The fraction of sp³-hybridized carbons (Fsp3) is 0.444. The lowest BCUT2D eigenvalue weighted by Gasteiger charge is -2.28. The molecule has 1 saturated carbocycles. The van der Waals surface area contributed by atoms with Crippen LogP contribution in [0, 0.1) is 6.92 Å². The van der Waals surface area contributed by atoms with E-state index in [2.05, 4.69) is 14.9 Å². The summed E-state index contributed by atoms with van der Waals surface area (Å²) in [5.41, 5.74) is 3.33. The average Bonchev–Trinajstić information content (AvgIpc) is 3.35. The highest BCUT2D eigenvalue weighted by Crippen LogP contribution is 2.38. The van der Waals surface area contributed by atoms with Crippen LogP contribution in [0.2, 0.25) is 0 Å². The summed E-state index contributed by atoms with van der Waals surface area (Å²) < 4.78 is 0. The van der Waals surface area contributed by atoms with Gasteiger partial charge in [0.25, 0.3) is 5.56 Å². The van der Waals surface area contributed by atoms with Crippen LogP contribution in [0.15, 0.2) is 16.9 Å². The van der Waals surface area contributed by atoms with Gasteiger partial charge in [0.1, 0.15) is 17.3 Å². The molecule has 0 atom stereocenters. The number of fused-ring (bicyclic) bond motifs is 1. The van der Waals surface area contributed by atoms with Crippen LogP contribution >= 0.6 is 0 Å². The molecule has 6 heteroatoms. The Morgan fingerprint density at radius 1 is 1.33 bits per heavy atom. The Balaban J connectivity index is 1.59. The summed E-state index contributed by atoms with van der Waals surface area (Å²) in [5, 5.41) is 19.7. The molecule has 0 spiro atoms. The summed E-state index contributed by atoms with van der Waals surface area (Å²) in [6, 6.07) is 3.02. The third-order valence-electron chi connectivity index (χ3n) is 4.95. The topological polar surface area (TPSA) is 89.4 Å². The molecule has 0 radical (unpaired) electrons. The number of H-pyrrole nitrogens is 1. The highest BCUT2D eigenvalue weighted by atomic mass is 16.3. The van der Waals surface area contributed by atoms with Crippen molar-refractivity contribution in [2.24, 2.45) is 0 Å². The van der Waals surface area contributed by atoms with Crippen LogP contribution in [0.3, 0.4) is 0 Å². The van der Waals surface area contributed by atoms with E-state index in [1.165, 1.54) is 6.07 Å². The molecule has 6 nitrogen and oxygen atoms in total. The van der Waals surface area contributed by atoms with E-state index in [1.807, 2.05) is 6.92 Å². The van der Waals surface area contributed by atoms with Crippen LogP contribution in [0.4, 0.5) is 0 Å². The number of benzene rings is 1. The van der Waals surface area contributed by atoms with Gasteiger partial charge in [0.05, 0.1) is 5.69 Å². The second-order valence-electron chi connectivity index (χ2n) is 6.87. The van der Waals surface area contributed by atoms with E-state index in [0.717, 1.165) is 47.6 Å². The number of aromatic nitrogens is 2. The van der Waals surface area contributed by atoms with Gasteiger partial charge in [0.2, 0.25) is 0 Å². The number of phenolic OH excluding ortho intramolecular Hbond substituents is 2. The van der Waals surface area contributed by atoms with Crippen molar-refractivity contribution >= 4 is 0 Å². The van der Waals surface area contributed by atoms with Gasteiger partial charge in [-0.05, 0) is 37.8 Å². The zero-order chi connectivity index (χ0) is 16.8. The molecule has 126 valence electrons. The first-order valence-electron chi connectivity index (χ1n) is 8.37. The first-order valence-corrected chi connectivity index (χ1v) is 8.37. The van der Waals surface area contributed by atoms with Gasteiger partial charge in [-0.2, -0.15) is 0 Å². The van der Waals surface area contributed by atoms with Gasteiger partial charge >= 0.3 is 0 Å². The van der Waals surface area contributed by atoms with Crippen molar-refractivity contribution < 1.29 is 10.2 Å². The number of hydrogen-bond donors (Lipinski definition) is 3. The summed E-state index contributed by atoms with van der Waals surface area (Å²) in [6.45, 7) is 3.81. The van der Waals surface area contributed by atoms with Crippen LogP contribution in [0.5, 0.6) is 11.5 Å². The van der Waals surface area contributed by atoms with Crippen LogP contribution < -0.4 is 5.56 Å². The second kappa shape index (κ2) is 5.63. The molecule has 2 aromatic rings. The summed E-state index contributed by atoms with van der Waals surface area (Å²) in [6.07, 6.45) is 2.87. The maximum absolute atomic E-state index is 12.2. The SMILES string of the molecule is Cc1cc(O)cc(O)c1CN1CCc2c(nc(C3CC3)[nH]c2=O)C1. The van der Waals surface area contributed by atoms with Crippen LogP contribution in [0.1, 0.15) is 47.0 Å². The number of aryl methyl sites for hydroxylation is 1. The van der Waals surface area contributed by atoms with Crippen LogP contribution in [0.25, 0.3) is 0 Å². The molecular weight excluding hydrogens is 306 g/mol. The summed E-state index contributed by atoms with van der Waals surface area (Å²) in [4.78, 5) is 22.1. The van der Waals surface area contributed by atoms with Crippen molar-refractivity contribution in [1.29, 1.82) is 0 Å². The molecule has 1 fully saturated rings. The smallest absolute Gasteiger partial charge is 0.254 e. The number of aromatic amines is 1. The normalized spacial score (nSPS) is 17.7. The van der Waals surface area contributed by atoms with Gasteiger partial charge in [-0.1, -0.05) is 0 Å². The lowest BCUT2D eigenvalue weighted by Crippen LogP contribution is -2.35. The minimum atomic E-state index is 0.00483. The molecule has 4 rings (SSSR count). The number of rotatable bonds is 3. The fourth-order valence-electron chi connectivity index (χ4n) is 3.41. The first-order chi connectivity index (χ1) is 11.5. The van der Waals surface area contributed by atoms with Gasteiger partial charge in [0.15, 0.2) is 0 Å². The summed E-state index contributed by atoms with van der Waals surface area (Å²) in [7, 11) is 0. The summed E-state index contributed by atoms with van der Waals surface area (Å²) >= 11 is 0. The van der Waals surface area contributed by atoms with Crippen molar-refractivity contribution in [2.75, 3.05) is 6.54 Å². The van der Waals surface area contributed by atoms with Crippen molar-refractivity contribution in [1.82, 2.24) is 14.9 Å². The van der Waals surface area contributed by atoms with Gasteiger partial charge in [-0.25, -0.2) is 4.98 Å². The van der Waals surface area contributed by atoms with E-state index >= 15 is 0 Å². The molecule has 2 heterocycles. The van der Waals surface area contributed by atoms with Crippen molar-refractivity contribution in [3.05, 3.63) is 50.7 Å². The summed E-state index contributed by atoms with van der Waals surface area (Å²) in [5.74, 6) is 1.42. The van der Waals surface area contributed by atoms with E-state index in [-0.39, 0.29) is 17.1 Å². The lowest BCUT2D eigenvalue weighted by molar-refractivity contribution is 0.236. The zero-order valence-corrected chi connectivity index (χ0v) is 13.7. The van der Waals surface area contributed by atoms with Gasteiger partial charge in [-0.3, -0.25) is 9.69 Å². The van der Waals surface area contributed by atoms with E-state index < -0.39 is 0 Å². The number of nitrogens with one attached hydrogen (secondary N) is 1. The highest BCUT2D eigenvalue weighted by Gasteiger charge is 2.29. The molecule has 0 unspecified atom stereocenters. The molecule has 0 saturated heterocycles. The Labute approximate surface area is 139 Å². The van der Waals surface area contributed by atoms with Gasteiger partial charge < -0.3 is 15.2 Å². The molecule has 2 aliphatic rings. The second-order valence-corrected chi connectivity index (χ2v) is 6.87. The maximum Gasteiger partial charge on any atom is 0.254 e. The van der Waals surface area contributed by atoms with Crippen LogP contribution in [-0.2, 0) is 19.5 Å². The van der Waals surface area contributed by atoms with E-state index in [1.54, 1.807) is 6.07 Å². The fourth-order valence-corrected chi connectivity index (χ4v) is 3.41. The quantitative estimate of drug-likeness (QED) is 0.801. The number of phenols is 2. The molecule has 24 heavy (non-hydrogen) atoms. The monoisotopic (exact) mass is 327 g/mol. The molecule has 3 N–H and O–H groups in total.